The molecule has 3 rings (SSSR count). The summed E-state index contributed by atoms with van der Waals surface area (Å²) in [5.74, 6) is -0.397. The first-order valence-electron chi connectivity index (χ1n) is 6.37. The van der Waals surface area contributed by atoms with Crippen LogP contribution >= 0.6 is 23.2 Å². The van der Waals surface area contributed by atoms with Crippen molar-refractivity contribution in [2.24, 2.45) is 0 Å². The van der Waals surface area contributed by atoms with Gasteiger partial charge in [-0.1, -0.05) is 41.4 Å². The molecule has 7 heteroatoms. The minimum Gasteiger partial charge on any atom is -0.319 e. The molecule has 0 aliphatic rings. The molecule has 0 unspecified atom stereocenters. The molecule has 1 N–H and O–H groups in total. The maximum absolute atomic E-state index is 12.2. The first-order valence-corrected chi connectivity index (χ1v) is 7.13. The van der Waals surface area contributed by atoms with Crippen molar-refractivity contribution in [1.29, 1.82) is 0 Å². The summed E-state index contributed by atoms with van der Waals surface area (Å²) in [7, 11) is 0. The van der Waals surface area contributed by atoms with Crippen molar-refractivity contribution in [3.05, 3.63) is 70.5 Å². The molecular formula is C15H10Cl2N4O. The van der Waals surface area contributed by atoms with Crippen molar-refractivity contribution >= 4 is 34.8 Å². The third-order valence-electron chi connectivity index (χ3n) is 2.89. The lowest BCUT2D eigenvalue weighted by Crippen LogP contribution is -2.13. The average molecular weight is 333 g/mol. The van der Waals surface area contributed by atoms with Gasteiger partial charge in [0.1, 0.15) is 0 Å². The second-order valence-electron chi connectivity index (χ2n) is 4.43. The van der Waals surface area contributed by atoms with Crippen molar-refractivity contribution in [1.82, 2.24) is 15.0 Å². The van der Waals surface area contributed by atoms with E-state index in [1.807, 2.05) is 30.3 Å². The third-order valence-corrected chi connectivity index (χ3v) is 3.44. The molecule has 0 fully saturated rings. The van der Waals surface area contributed by atoms with E-state index in [0.717, 1.165) is 5.69 Å². The lowest BCUT2D eigenvalue weighted by atomic mass is 10.3. The number of rotatable bonds is 3. The number of hydrogen-bond donors (Lipinski definition) is 1. The Kier molecular flexibility index (Phi) is 4.09. The van der Waals surface area contributed by atoms with Gasteiger partial charge in [0.05, 0.1) is 22.6 Å². The van der Waals surface area contributed by atoms with E-state index >= 15 is 0 Å². The highest BCUT2D eigenvalue weighted by Crippen LogP contribution is 2.25. The summed E-state index contributed by atoms with van der Waals surface area (Å²) in [6.45, 7) is 0. The maximum atomic E-state index is 12.2. The van der Waals surface area contributed by atoms with Crippen LogP contribution in [0.15, 0.2) is 54.7 Å². The third kappa shape index (κ3) is 3.10. The molecule has 3 aromatic rings. The highest BCUT2D eigenvalue weighted by molar-refractivity contribution is 6.36. The van der Waals surface area contributed by atoms with Crippen molar-refractivity contribution in [2.45, 2.75) is 0 Å². The topological polar surface area (TPSA) is 59.8 Å². The summed E-state index contributed by atoms with van der Waals surface area (Å²) in [5.41, 5.74) is 1.42. The largest absolute Gasteiger partial charge is 0.319 e. The molecule has 1 heterocycles. The minimum absolute atomic E-state index is 0.190. The van der Waals surface area contributed by atoms with Crippen molar-refractivity contribution in [3.8, 4) is 5.69 Å². The second-order valence-corrected chi connectivity index (χ2v) is 5.28. The van der Waals surface area contributed by atoms with Gasteiger partial charge in [0.15, 0.2) is 5.69 Å². The smallest absolute Gasteiger partial charge is 0.277 e. The Hall–Kier alpha value is -2.37. The van der Waals surface area contributed by atoms with Crippen LogP contribution in [0.5, 0.6) is 0 Å². The standard InChI is InChI=1S/C15H10Cl2N4O/c16-10-6-7-13(12(17)8-10)19-15(22)14-9-18-21(20-14)11-4-2-1-3-5-11/h1-9H,(H,19,22). The molecule has 0 saturated heterocycles. The molecule has 1 amide bonds. The lowest BCUT2D eigenvalue weighted by Gasteiger charge is -2.05. The van der Waals surface area contributed by atoms with Crippen LogP contribution in [0.2, 0.25) is 10.0 Å². The molecule has 0 spiro atoms. The molecule has 110 valence electrons. The molecule has 1 aromatic heterocycles. The van der Waals surface area contributed by atoms with Crippen LogP contribution in [-0.4, -0.2) is 20.9 Å². The van der Waals surface area contributed by atoms with Gasteiger partial charge in [-0.2, -0.15) is 9.90 Å². The van der Waals surface area contributed by atoms with Crippen LogP contribution in [0, 0.1) is 0 Å². The van der Waals surface area contributed by atoms with Crippen LogP contribution < -0.4 is 5.32 Å². The Bertz CT molecular complexity index is 817. The number of aromatic nitrogens is 3. The zero-order valence-corrected chi connectivity index (χ0v) is 12.7. The van der Waals surface area contributed by atoms with Gasteiger partial charge in [0.25, 0.3) is 5.91 Å². The summed E-state index contributed by atoms with van der Waals surface area (Å²) < 4.78 is 0. The quantitative estimate of drug-likeness (QED) is 0.792. The van der Waals surface area contributed by atoms with E-state index in [-0.39, 0.29) is 5.69 Å². The van der Waals surface area contributed by atoms with Gasteiger partial charge in [-0.05, 0) is 30.3 Å². The van der Waals surface area contributed by atoms with E-state index in [2.05, 4.69) is 15.5 Å². The van der Waals surface area contributed by atoms with E-state index in [1.165, 1.54) is 11.0 Å². The number of amides is 1. The lowest BCUT2D eigenvalue weighted by molar-refractivity contribution is 0.102. The fourth-order valence-corrected chi connectivity index (χ4v) is 2.29. The zero-order chi connectivity index (χ0) is 15.5. The van der Waals surface area contributed by atoms with Crippen molar-refractivity contribution in [3.63, 3.8) is 0 Å². The van der Waals surface area contributed by atoms with Crippen LogP contribution in [0.4, 0.5) is 5.69 Å². The van der Waals surface area contributed by atoms with Gasteiger partial charge in [-0.15, -0.1) is 5.10 Å². The fraction of sp³-hybridized carbons (Fsp3) is 0. The highest BCUT2D eigenvalue weighted by atomic mass is 35.5. The summed E-state index contributed by atoms with van der Waals surface area (Å²) >= 11 is 11.8. The van der Waals surface area contributed by atoms with E-state index in [1.54, 1.807) is 18.2 Å². The normalized spacial score (nSPS) is 10.5. The molecule has 0 aliphatic heterocycles. The van der Waals surface area contributed by atoms with Gasteiger partial charge in [-0.25, -0.2) is 0 Å². The van der Waals surface area contributed by atoms with E-state index < -0.39 is 5.91 Å². The highest BCUT2D eigenvalue weighted by Gasteiger charge is 2.13. The Morgan fingerprint density at radius 2 is 1.86 bits per heavy atom. The first kappa shape index (κ1) is 14.6. The van der Waals surface area contributed by atoms with E-state index in [4.69, 9.17) is 23.2 Å². The number of nitrogens with one attached hydrogen (secondary N) is 1. The molecule has 0 atom stereocenters. The number of anilines is 1. The van der Waals surface area contributed by atoms with Gasteiger partial charge in [0, 0.05) is 5.02 Å². The Balaban J connectivity index is 1.80. The van der Waals surface area contributed by atoms with Crippen LogP contribution in [-0.2, 0) is 0 Å². The Morgan fingerprint density at radius 3 is 2.59 bits per heavy atom. The molecule has 0 saturated carbocycles. The molecular weight excluding hydrogens is 323 g/mol. The number of halogens is 2. The predicted molar refractivity (Wildman–Crippen MR) is 85.8 cm³/mol. The van der Waals surface area contributed by atoms with Gasteiger partial charge in [-0.3, -0.25) is 4.79 Å². The molecule has 22 heavy (non-hydrogen) atoms. The summed E-state index contributed by atoms with van der Waals surface area (Å²) in [6, 6.07) is 14.1. The summed E-state index contributed by atoms with van der Waals surface area (Å²) in [4.78, 5) is 13.6. The SMILES string of the molecule is O=C(Nc1ccc(Cl)cc1Cl)c1cnn(-c2ccccc2)n1. The van der Waals surface area contributed by atoms with E-state index in [9.17, 15) is 4.79 Å². The number of benzene rings is 2. The molecule has 5 nitrogen and oxygen atoms in total. The van der Waals surface area contributed by atoms with Gasteiger partial charge >= 0.3 is 0 Å². The molecule has 2 aromatic carbocycles. The van der Waals surface area contributed by atoms with Crippen LogP contribution in [0.3, 0.4) is 0 Å². The van der Waals surface area contributed by atoms with Crippen molar-refractivity contribution < 1.29 is 4.79 Å². The minimum atomic E-state index is -0.397. The zero-order valence-electron chi connectivity index (χ0n) is 11.2. The predicted octanol–water partition coefficient (Wildman–Crippen LogP) is 3.83. The average Bonchev–Trinajstić information content (AvgIpc) is 3.01. The Morgan fingerprint density at radius 1 is 1.09 bits per heavy atom. The van der Waals surface area contributed by atoms with Crippen LogP contribution in [0.25, 0.3) is 5.69 Å². The number of carbonyl (C=O) groups excluding carboxylic acids is 1. The monoisotopic (exact) mass is 332 g/mol. The van der Waals surface area contributed by atoms with Gasteiger partial charge in [0.2, 0.25) is 0 Å². The van der Waals surface area contributed by atoms with E-state index in [0.29, 0.717) is 15.7 Å². The number of para-hydroxylation sites is 1. The summed E-state index contributed by atoms with van der Waals surface area (Å²) in [5, 5.41) is 11.8. The van der Waals surface area contributed by atoms with Crippen LogP contribution in [0.1, 0.15) is 10.5 Å². The number of carbonyl (C=O) groups is 1. The maximum Gasteiger partial charge on any atom is 0.277 e. The Labute approximate surface area is 136 Å². The summed E-state index contributed by atoms with van der Waals surface area (Å²) in [6.07, 6.45) is 1.39. The first-order chi connectivity index (χ1) is 10.6. The fourth-order valence-electron chi connectivity index (χ4n) is 1.83. The second kappa shape index (κ2) is 6.17. The molecule has 0 bridgehead atoms. The number of nitrogens with zero attached hydrogens (tertiary/aromatic N) is 3. The molecule has 0 radical (unpaired) electrons. The van der Waals surface area contributed by atoms with Crippen molar-refractivity contribution in [2.75, 3.05) is 5.32 Å². The number of hydrogen-bond acceptors (Lipinski definition) is 3. The van der Waals surface area contributed by atoms with Gasteiger partial charge < -0.3 is 5.32 Å². The molecule has 0 aliphatic carbocycles.